The number of aromatic amines is 1. The molecule has 0 saturated carbocycles. The number of carbonyl (C=O) groups excluding carboxylic acids is 1. The van der Waals surface area contributed by atoms with E-state index < -0.39 is 0 Å². The highest BCUT2D eigenvalue weighted by Crippen LogP contribution is 2.18. The molecule has 0 aliphatic heterocycles. The van der Waals surface area contributed by atoms with Crippen LogP contribution in [-0.2, 0) is 22.6 Å². The van der Waals surface area contributed by atoms with E-state index in [2.05, 4.69) is 20.3 Å². The molecule has 29 heavy (non-hydrogen) atoms. The molecule has 0 aliphatic carbocycles. The topological polar surface area (TPSA) is 120 Å². The van der Waals surface area contributed by atoms with Gasteiger partial charge in [0.2, 0.25) is 5.91 Å². The number of amides is 1. The van der Waals surface area contributed by atoms with Crippen molar-refractivity contribution in [3.8, 4) is 5.75 Å². The van der Waals surface area contributed by atoms with Crippen LogP contribution in [0.1, 0.15) is 11.5 Å². The van der Waals surface area contributed by atoms with E-state index in [1.807, 2.05) is 48.3 Å². The van der Waals surface area contributed by atoms with E-state index in [4.69, 9.17) is 14.6 Å². The fraction of sp³-hybridized carbons (Fsp3) is 0.300. The lowest BCUT2D eigenvalue weighted by atomic mass is 10.3. The van der Waals surface area contributed by atoms with Crippen molar-refractivity contribution in [3.63, 3.8) is 0 Å². The summed E-state index contributed by atoms with van der Waals surface area (Å²) < 4.78 is 5.21. The number of carbonyl (C=O) groups is 2. The molecule has 0 unspecified atom stereocenters. The van der Waals surface area contributed by atoms with E-state index in [1.54, 1.807) is 13.3 Å². The van der Waals surface area contributed by atoms with Crippen LogP contribution in [0.2, 0.25) is 0 Å². The number of pyridine rings is 1. The van der Waals surface area contributed by atoms with Crippen molar-refractivity contribution < 1.29 is 19.4 Å². The number of aromatic nitrogens is 3. The van der Waals surface area contributed by atoms with Gasteiger partial charge in [-0.05, 0) is 31.3 Å². The number of hydrogen-bond acceptors (Lipinski definition) is 6. The number of benzene rings is 1. The smallest absolute Gasteiger partial charge is 0.290 e. The molecule has 154 valence electrons. The van der Waals surface area contributed by atoms with Crippen LogP contribution in [0.5, 0.6) is 5.75 Å². The van der Waals surface area contributed by atoms with Gasteiger partial charge in [-0.15, -0.1) is 0 Å². The summed E-state index contributed by atoms with van der Waals surface area (Å²) >= 11 is 0. The van der Waals surface area contributed by atoms with Gasteiger partial charge in [-0.3, -0.25) is 19.5 Å². The van der Waals surface area contributed by atoms with Crippen molar-refractivity contribution in [2.24, 2.45) is 0 Å². The van der Waals surface area contributed by atoms with E-state index in [0.29, 0.717) is 26.1 Å². The van der Waals surface area contributed by atoms with Crippen LogP contribution >= 0.6 is 0 Å². The Hall–Kier alpha value is -3.46. The highest BCUT2D eigenvalue weighted by atomic mass is 16.5. The first-order valence-corrected chi connectivity index (χ1v) is 9.01. The lowest BCUT2D eigenvalue weighted by Crippen LogP contribution is -2.36. The largest absolute Gasteiger partial charge is 0.497 e. The van der Waals surface area contributed by atoms with E-state index in [9.17, 15) is 4.79 Å². The summed E-state index contributed by atoms with van der Waals surface area (Å²) in [7, 11) is 3.54. The quantitative estimate of drug-likeness (QED) is 0.490. The molecule has 0 aliphatic rings. The molecule has 0 atom stereocenters. The standard InChI is InChI=1S/C19H23N5O2.CH2O2/c1-24(12-14-5-3-4-9-20-14)13-19(25)21-10-8-18-22-16-7-6-15(26-2)11-17(16)23-18;2-1-3/h3-7,9,11H,8,10,12-13H2,1-2H3,(H,21,25)(H,22,23);1H,(H,2,3). The van der Waals surface area contributed by atoms with Gasteiger partial charge in [-0.25, -0.2) is 4.98 Å². The highest BCUT2D eigenvalue weighted by Gasteiger charge is 2.08. The normalized spacial score (nSPS) is 10.3. The number of nitrogens with zero attached hydrogens (tertiary/aromatic N) is 3. The Bertz CT molecular complexity index is 914. The van der Waals surface area contributed by atoms with E-state index in [0.717, 1.165) is 28.3 Å². The monoisotopic (exact) mass is 399 g/mol. The minimum Gasteiger partial charge on any atom is -0.497 e. The minimum atomic E-state index is -0.250. The van der Waals surface area contributed by atoms with Gasteiger partial charge in [0.15, 0.2) is 0 Å². The van der Waals surface area contributed by atoms with E-state index in [-0.39, 0.29) is 12.4 Å². The third-order valence-electron chi connectivity index (χ3n) is 3.99. The second kappa shape index (κ2) is 11.4. The molecule has 3 N–H and O–H groups in total. The van der Waals surface area contributed by atoms with E-state index >= 15 is 0 Å². The van der Waals surface area contributed by atoms with Gasteiger partial charge in [-0.2, -0.15) is 0 Å². The zero-order chi connectivity index (χ0) is 21.1. The maximum Gasteiger partial charge on any atom is 0.290 e. The Morgan fingerprint density at radius 3 is 2.83 bits per heavy atom. The second-order valence-electron chi connectivity index (χ2n) is 6.27. The lowest BCUT2D eigenvalue weighted by Gasteiger charge is -2.15. The first kappa shape index (κ1) is 21.8. The fourth-order valence-corrected chi connectivity index (χ4v) is 2.73. The van der Waals surface area contributed by atoms with Crippen molar-refractivity contribution in [1.82, 2.24) is 25.2 Å². The number of likely N-dealkylation sites (N-methyl/N-ethyl adjacent to an activating group) is 1. The number of ether oxygens (including phenoxy) is 1. The maximum atomic E-state index is 12.1. The second-order valence-corrected chi connectivity index (χ2v) is 6.27. The SMILES string of the molecule is COc1ccc2nc(CCNC(=O)CN(C)Cc3ccccn3)[nH]c2c1.O=CO. The Kier molecular flexibility index (Phi) is 8.58. The highest BCUT2D eigenvalue weighted by molar-refractivity contribution is 5.78. The van der Waals surface area contributed by atoms with Gasteiger partial charge < -0.3 is 20.1 Å². The first-order valence-electron chi connectivity index (χ1n) is 9.01. The molecule has 0 fully saturated rings. The van der Waals surface area contributed by atoms with Crippen molar-refractivity contribution in [2.75, 3.05) is 27.2 Å². The number of H-pyrrole nitrogens is 1. The average molecular weight is 399 g/mol. The zero-order valence-electron chi connectivity index (χ0n) is 16.5. The molecule has 0 bridgehead atoms. The van der Waals surface area contributed by atoms with Gasteiger partial charge in [0, 0.05) is 31.8 Å². The summed E-state index contributed by atoms with van der Waals surface area (Å²) in [5.74, 6) is 1.62. The molecule has 0 saturated heterocycles. The molecular formula is C20H25N5O4. The third-order valence-corrected chi connectivity index (χ3v) is 3.99. The van der Waals surface area contributed by atoms with Gasteiger partial charge in [-0.1, -0.05) is 6.07 Å². The number of methoxy groups -OCH3 is 1. The van der Waals surface area contributed by atoms with E-state index in [1.165, 1.54) is 0 Å². The summed E-state index contributed by atoms with van der Waals surface area (Å²) in [5, 5.41) is 9.82. The average Bonchev–Trinajstić information content (AvgIpc) is 3.11. The number of nitrogens with one attached hydrogen (secondary N) is 2. The van der Waals surface area contributed by atoms with Gasteiger partial charge >= 0.3 is 0 Å². The fourth-order valence-electron chi connectivity index (χ4n) is 2.73. The predicted molar refractivity (Wildman–Crippen MR) is 109 cm³/mol. The summed E-state index contributed by atoms with van der Waals surface area (Å²) in [5.41, 5.74) is 2.77. The van der Waals surface area contributed by atoms with Gasteiger partial charge in [0.05, 0.1) is 30.4 Å². The van der Waals surface area contributed by atoms with Crippen LogP contribution in [0.15, 0.2) is 42.6 Å². The predicted octanol–water partition coefficient (Wildman–Crippen LogP) is 1.46. The first-order chi connectivity index (χ1) is 14.0. The van der Waals surface area contributed by atoms with Crippen LogP contribution in [0.3, 0.4) is 0 Å². The Morgan fingerprint density at radius 1 is 1.34 bits per heavy atom. The summed E-state index contributed by atoms with van der Waals surface area (Å²) in [6, 6.07) is 11.5. The molecule has 9 nitrogen and oxygen atoms in total. The molecule has 2 aromatic heterocycles. The number of fused-ring (bicyclic) bond motifs is 1. The molecule has 3 rings (SSSR count). The molecule has 0 radical (unpaired) electrons. The molecule has 2 heterocycles. The summed E-state index contributed by atoms with van der Waals surface area (Å²) in [4.78, 5) is 34.4. The minimum absolute atomic E-state index is 0.0128. The van der Waals surface area contributed by atoms with Crippen molar-refractivity contribution in [3.05, 3.63) is 54.1 Å². The number of hydrogen-bond donors (Lipinski definition) is 3. The molecular weight excluding hydrogens is 374 g/mol. The van der Waals surface area contributed by atoms with Gasteiger partial charge in [0.1, 0.15) is 11.6 Å². The Balaban J connectivity index is 0.000000941. The van der Waals surface area contributed by atoms with Gasteiger partial charge in [0.25, 0.3) is 6.47 Å². The van der Waals surface area contributed by atoms with Crippen LogP contribution < -0.4 is 10.1 Å². The maximum absolute atomic E-state index is 12.1. The van der Waals surface area contributed by atoms with Crippen molar-refractivity contribution in [1.29, 1.82) is 0 Å². The van der Waals surface area contributed by atoms with Crippen molar-refractivity contribution in [2.45, 2.75) is 13.0 Å². The third kappa shape index (κ3) is 7.23. The molecule has 1 amide bonds. The van der Waals surface area contributed by atoms with Crippen LogP contribution in [0.4, 0.5) is 0 Å². The molecule has 3 aromatic rings. The Morgan fingerprint density at radius 2 is 2.14 bits per heavy atom. The summed E-state index contributed by atoms with van der Waals surface area (Å²) in [6.45, 7) is 1.25. The number of carboxylic acid groups (broad SMARTS) is 1. The molecule has 9 heteroatoms. The molecule has 0 spiro atoms. The Labute approximate surface area is 168 Å². The van der Waals surface area contributed by atoms with Crippen molar-refractivity contribution >= 4 is 23.4 Å². The zero-order valence-corrected chi connectivity index (χ0v) is 16.5. The number of imidazole rings is 1. The summed E-state index contributed by atoms with van der Waals surface area (Å²) in [6.07, 6.45) is 2.40. The lowest BCUT2D eigenvalue weighted by molar-refractivity contribution is -0.123. The van der Waals surface area contributed by atoms with Crippen LogP contribution in [0.25, 0.3) is 11.0 Å². The molecule has 1 aromatic carbocycles. The van der Waals surface area contributed by atoms with Crippen LogP contribution in [-0.4, -0.2) is 64.6 Å². The number of rotatable bonds is 8. The van der Waals surface area contributed by atoms with Crippen LogP contribution in [0, 0.1) is 0 Å².